The second-order valence-corrected chi connectivity index (χ2v) is 14.5. The van der Waals surface area contributed by atoms with Gasteiger partial charge in [0, 0.05) is 37.4 Å². The Bertz CT molecular complexity index is 1730. The Morgan fingerprint density at radius 3 is 2.57 bits per heavy atom. The Labute approximate surface area is 283 Å². The predicted molar refractivity (Wildman–Crippen MR) is 191 cm³/mol. The SMILES string of the molecule is C=CC(=O)N1C[C@H](C)N(C2=NS(O)(O)N(c3c(C)cc(CN(C)C)cc3CCC)c3nc(-c4c(N)cccc4F)c(Cl)cc32)C[C@H]1C. The van der Waals surface area contributed by atoms with Gasteiger partial charge in [-0.15, -0.1) is 4.40 Å². The summed E-state index contributed by atoms with van der Waals surface area (Å²) in [7, 11) is 0.0369. The van der Waals surface area contributed by atoms with E-state index in [2.05, 4.69) is 28.9 Å². The highest BCUT2D eigenvalue weighted by Gasteiger charge is 2.42. The number of aromatic nitrogens is 1. The van der Waals surface area contributed by atoms with Gasteiger partial charge in [-0.3, -0.25) is 13.9 Å². The normalized spacial score (nSPS) is 19.8. The summed E-state index contributed by atoms with van der Waals surface area (Å²) in [6.07, 6.45) is 2.75. The van der Waals surface area contributed by atoms with Gasteiger partial charge in [-0.25, -0.2) is 13.7 Å². The highest BCUT2D eigenvalue weighted by Crippen LogP contribution is 2.58. The highest BCUT2D eigenvalue weighted by atomic mass is 35.5. The Balaban J connectivity index is 1.77. The number of carbonyl (C=O) groups is 1. The van der Waals surface area contributed by atoms with Crippen LogP contribution in [0.1, 0.15) is 49.4 Å². The maximum Gasteiger partial charge on any atom is 0.246 e. The Morgan fingerprint density at radius 1 is 1.21 bits per heavy atom. The molecule has 0 bridgehead atoms. The number of carbonyl (C=O) groups excluding carboxylic acids is 1. The molecule has 2 aliphatic heterocycles. The van der Waals surface area contributed by atoms with Crippen LogP contribution in [0.15, 0.2) is 53.5 Å². The van der Waals surface area contributed by atoms with E-state index in [1.807, 2.05) is 45.8 Å². The summed E-state index contributed by atoms with van der Waals surface area (Å²) in [5.74, 6) is -0.340. The van der Waals surface area contributed by atoms with E-state index in [0.717, 1.165) is 23.1 Å². The van der Waals surface area contributed by atoms with Crippen molar-refractivity contribution in [2.45, 2.75) is 59.2 Å². The van der Waals surface area contributed by atoms with Crippen molar-refractivity contribution in [2.75, 3.05) is 37.2 Å². The second kappa shape index (κ2) is 13.4. The summed E-state index contributed by atoms with van der Waals surface area (Å²) < 4.78 is 45.4. The van der Waals surface area contributed by atoms with Crippen LogP contribution in [0.2, 0.25) is 5.02 Å². The lowest BCUT2D eigenvalue weighted by atomic mass is 9.99. The minimum absolute atomic E-state index is 0.0196. The van der Waals surface area contributed by atoms with Gasteiger partial charge >= 0.3 is 0 Å². The van der Waals surface area contributed by atoms with Crippen molar-refractivity contribution in [2.24, 2.45) is 4.40 Å². The zero-order chi connectivity index (χ0) is 34.4. The van der Waals surface area contributed by atoms with Crippen molar-refractivity contribution in [3.63, 3.8) is 0 Å². The summed E-state index contributed by atoms with van der Waals surface area (Å²) in [5, 5.41) is 0.125. The lowest BCUT2D eigenvalue weighted by molar-refractivity contribution is -0.130. The molecule has 2 atom stereocenters. The zero-order valence-corrected chi connectivity index (χ0v) is 29.2. The number of nitrogens with two attached hydrogens (primary N) is 1. The summed E-state index contributed by atoms with van der Waals surface area (Å²) >= 11 is 6.88. The molecule has 2 aromatic carbocycles. The third kappa shape index (κ3) is 6.57. The van der Waals surface area contributed by atoms with Crippen LogP contribution in [0.4, 0.5) is 21.6 Å². The molecule has 47 heavy (non-hydrogen) atoms. The topological polar surface area (TPSA) is 122 Å². The van der Waals surface area contributed by atoms with Crippen LogP contribution >= 0.6 is 22.6 Å². The molecule has 3 heterocycles. The number of nitrogen functional groups attached to an aromatic ring is 1. The van der Waals surface area contributed by atoms with Gasteiger partial charge in [0.2, 0.25) is 5.91 Å². The van der Waals surface area contributed by atoms with Crippen LogP contribution in [0.5, 0.6) is 0 Å². The fourth-order valence-electron chi connectivity index (χ4n) is 6.51. The third-order valence-corrected chi connectivity index (χ3v) is 10.1. The van der Waals surface area contributed by atoms with Crippen molar-refractivity contribution in [3.8, 4) is 11.3 Å². The van der Waals surface area contributed by atoms with Gasteiger partial charge < -0.3 is 20.4 Å². The number of piperazine rings is 1. The van der Waals surface area contributed by atoms with E-state index in [-0.39, 0.29) is 51.6 Å². The third-order valence-electron chi connectivity index (χ3n) is 8.50. The minimum atomic E-state index is -3.95. The maximum atomic E-state index is 15.3. The van der Waals surface area contributed by atoms with Gasteiger partial charge in [-0.2, -0.15) is 0 Å². The molecule has 10 nitrogen and oxygen atoms in total. The van der Waals surface area contributed by atoms with Crippen molar-refractivity contribution in [1.29, 1.82) is 0 Å². The standard InChI is InChI=1S/C34H43ClFN7O3S/c1-8-11-24-15-23(19-40(6)7)14-20(3)32(24)43-33-25(16-26(35)31(38-33)30-27(36)12-10-13-28(30)37)34(39-47(43,45)46)42-18-21(4)41(17-22(42)5)29(44)9-2/h9-10,12-16,21-22,45-46H,2,8,11,17-19,37H2,1,3-7H3/t21-,22+/m1/s1. The monoisotopic (exact) mass is 683 g/mol. The molecule has 0 spiro atoms. The average molecular weight is 684 g/mol. The minimum Gasteiger partial charge on any atom is -0.398 e. The Kier molecular flexibility index (Phi) is 9.91. The fourth-order valence-corrected chi connectivity index (χ4v) is 8.15. The molecule has 0 aliphatic carbocycles. The van der Waals surface area contributed by atoms with Gasteiger partial charge in [0.25, 0.3) is 0 Å². The number of amides is 1. The van der Waals surface area contributed by atoms with Crippen molar-refractivity contribution in [1.82, 2.24) is 19.7 Å². The number of hydrogen-bond donors (Lipinski definition) is 3. The predicted octanol–water partition coefficient (Wildman–Crippen LogP) is 7.03. The van der Waals surface area contributed by atoms with Gasteiger partial charge in [-0.1, -0.05) is 49.7 Å². The van der Waals surface area contributed by atoms with E-state index in [9.17, 15) is 13.9 Å². The van der Waals surface area contributed by atoms with Crippen molar-refractivity contribution < 1.29 is 18.3 Å². The van der Waals surface area contributed by atoms with Crippen LogP contribution < -0.4 is 10.0 Å². The van der Waals surface area contributed by atoms with Gasteiger partial charge in [0.15, 0.2) is 11.7 Å². The number of anilines is 3. The lowest BCUT2D eigenvalue weighted by Gasteiger charge is -2.49. The van der Waals surface area contributed by atoms with E-state index in [4.69, 9.17) is 22.3 Å². The summed E-state index contributed by atoms with van der Waals surface area (Å²) in [6, 6.07) is 9.59. The molecule has 1 saturated heterocycles. The van der Waals surface area contributed by atoms with Gasteiger partial charge in [0.1, 0.15) is 5.82 Å². The van der Waals surface area contributed by atoms with Crippen molar-refractivity contribution >= 4 is 51.5 Å². The van der Waals surface area contributed by atoms with Gasteiger partial charge in [-0.05, 0) is 93.2 Å². The largest absolute Gasteiger partial charge is 0.398 e. The molecule has 5 rings (SSSR count). The molecule has 252 valence electrons. The van der Waals surface area contributed by atoms with E-state index in [1.54, 1.807) is 17.0 Å². The number of hydrogen-bond acceptors (Lipinski definition) is 9. The first-order valence-corrected chi connectivity index (χ1v) is 17.4. The molecule has 4 N–H and O–H groups in total. The number of rotatable bonds is 7. The molecule has 0 saturated carbocycles. The maximum absolute atomic E-state index is 15.3. The number of amidine groups is 1. The van der Waals surface area contributed by atoms with Crippen LogP contribution in [-0.2, 0) is 17.8 Å². The van der Waals surface area contributed by atoms with Gasteiger partial charge in [0.05, 0.1) is 27.5 Å². The number of benzene rings is 2. The Morgan fingerprint density at radius 2 is 1.94 bits per heavy atom. The number of fused-ring (bicyclic) bond motifs is 1. The van der Waals surface area contributed by atoms with E-state index in [0.29, 0.717) is 37.3 Å². The number of pyridine rings is 1. The first-order valence-electron chi connectivity index (χ1n) is 15.6. The highest BCUT2D eigenvalue weighted by molar-refractivity contribution is 8.24. The number of halogens is 2. The van der Waals surface area contributed by atoms with Crippen LogP contribution in [0, 0.1) is 12.7 Å². The summed E-state index contributed by atoms with van der Waals surface area (Å²) in [5.41, 5.74) is 10.3. The molecule has 1 amide bonds. The molecular weight excluding hydrogens is 641 g/mol. The molecular formula is C34H43ClFN7O3S. The molecule has 0 unspecified atom stereocenters. The number of aryl methyl sites for hydroxylation is 2. The molecule has 3 aromatic rings. The smallest absolute Gasteiger partial charge is 0.246 e. The fraction of sp³-hybridized carbons (Fsp3) is 0.382. The molecule has 0 radical (unpaired) electrons. The lowest BCUT2D eigenvalue weighted by Crippen LogP contribution is -2.59. The van der Waals surface area contributed by atoms with E-state index in [1.165, 1.54) is 22.5 Å². The van der Waals surface area contributed by atoms with Crippen LogP contribution in [-0.4, -0.2) is 79.8 Å². The summed E-state index contributed by atoms with van der Waals surface area (Å²) in [4.78, 5) is 23.2. The molecule has 1 aromatic heterocycles. The Hall–Kier alpha value is -3.68. The second-order valence-electron chi connectivity index (χ2n) is 12.5. The average Bonchev–Trinajstić information content (AvgIpc) is 2.98. The van der Waals surface area contributed by atoms with Crippen molar-refractivity contribution in [3.05, 3.63) is 82.1 Å². The van der Waals surface area contributed by atoms with E-state index >= 15 is 4.39 Å². The summed E-state index contributed by atoms with van der Waals surface area (Å²) in [6.45, 7) is 12.9. The molecule has 13 heteroatoms. The van der Waals surface area contributed by atoms with E-state index < -0.39 is 16.8 Å². The quantitative estimate of drug-likeness (QED) is 0.179. The zero-order valence-electron chi connectivity index (χ0n) is 27.7. The van der Waals surface area contributed by atoms with Crippen LogP contribution in [0.3, 0.4) is 0 Å². The van der Waals surface area contributed by atoms with Crippen LogP contribution in [0.25, 0.3) is 11.3 Å². The molecule has 2 aliphatic rings. The number of nitrogens with zero attached hydrogens (tertiary/aromatic N) is 6. The first-order chi connectivity index (χ1) is 22.2. The molecule has 1 fully saturated rings. The first kappa shape index (κ1) is 34.6.